The van der Waals surface area contributed by atoms with Gasteiger partial charge in [-0.05, 0) is 37.0 Å². The Morgan fingerprint density at radius 2 is 1.93 bits per heavy atom. The van der Waals surface area contributed by atoms with Crippen LogP contribution in [-0.2, 0) is 14.4 Å². The molecule has 1 saturated heterocycles. The lowest BCUT2D eigenvalue weighted by Crippen LogP contribution is -2.48. The van der Waals surface area contributed by atoms with E-state index in [1.54, 1.807) is 23.5 Å². The highest BCUT2D eigenvalue weighted by Gasteiger charge is 2.51. The van der Waals surface area contributed by atoms with Gasteiger partial charge in [0.25, 0.3) is 0 Å². The van der Waals surface area contributed by atoms with Crippen LogP contribution in [0, 0.1) is 11.8 Å². The monoisotopic (exact) mass is 428 g/mol. The fraction of sp³-hybridized carbons (Fsp3) is 0.706. The molecule has 3 unspecified atom stereocenters. The van der Waals surface area contributed by atoms with Gasteiger partial charge < -0.3 is 0 Å². The van der Waals surface area contributed by atoms with Crippen molar-refractivity contribution in [3.05, 3.63) is 0 Å². The quantitative estimate of drug-likeness (QED) is 0.387. The third kappa shape index (κ3) is 4.48. The van der Waals surface area contributed by atoms with Crippen molar-refractivity contribution in [1.29, 1.82) is 0 Å². The average Bonchev–Trinajstić information content (AvgIpc) is 3.20. The van der Waals surface area contributed by atoms with Crippen molar-refractivity contribution in [3.63, 3.8) is 0 Å². The molecule has 3 atom stereocenters. The van der Waals surface area contributed by atoms with E-state index in [4.69, 9.17) is 0 Å². The molecule has 1 aliphatic carbocycles. The minimum absolute atomic E-state index is 0.176. The van der Waals surface area contributed by atoms with Gasteiger partial charge in [-0.3, -0.25) is 24.6 Å². The van der Waals surface area contributed by atoms with Crippen molar-refractivity contribution < 1.29 is 14.4 Å². The molecule has 0 aromatic carbocycles. The summed E-state index contributed by atoms with van der Waals surface area (Å²) in [7, 11) is 0. The number of hydrogen-bond acceptors (Lipinski definition) is 8. The van der Waals surface area contributed by atoms with E-state index in [-0.39, 0.29) is 29.6 Å². The third-order valence-corrected chi connectivity index (χ3v) is 7.49. The Balaban J connectivity index is 1.76. The Morgan fingerprint density at radius 3 is 2.52 bits per heavy atom. The number of imide groups is 1. The van der Waals surface area contributed by atoms with Crippen LogP contribution in [0.3, 0.4) is 0 Å². The van der Waals surface area contributed by atoms with Crippen molar-refractivity contribution in [2.45, 2.75) is 49.4 Å². The zero-order chi connectivity index (χ0) is 19.4. The molecule has 0 spiro atoms. The largest absolute Gasteiger partial charge is 0.299 e. The fourth-order valence-corrected chi connectivity index (χ4v) is 5.84. The summed E-state index contributed by atoms with van der Waals surface area (Å²) in [6, 6.07) is -0.783. The summed E-state index contributed by atoms with van der Waals surface area (Å²) < 4.78 is 0.785. The Kier molecular flexibility index (Phi) is 7.16. The van der Waals surface area contributed by atoms with Gasteiger partial charge in [-0.1, -0.05) is 42.9 Å². The van der Waals surface area contributed by atoms with E-state index in [0.717, 1.165) is 35.8 Å². The number of rotatable bonds is 8. The molecule has 1 N–H and O–H groups in total. The summed E-state index contributed by atoms with van der Waals surface area (Å²) in [5.74, 6) is 0.370. The molecule has 0 bridgehead atoms. The van der Waals surface area contributed by atoms with Gasteiger partial charge in [-0.15, -0.1) is 10.2 Å². The van der Waals surface area contributed by atoms with Crippen LogP contribution in [-0.4, -0.2) is 56.6 Å². The van der Waals surface area contributed by atoms with Crippen LogP contribution in [0.2, 0.25) is 0 Å². The van der Waals surface area contributed by atoms with Gasteiger partial charge in [0.15, 0.2) is 4.34 Å². The normalized spacial score (nSPS) is 23.4. The number of nitrogens with one attached hydrogen (secondary N) is 1. The molecule has 1 aliphatic heterocycles. The lowest BCUT2D eigenvalue weighted by atomic mass is 9.81. The molecule has 2 heterocycles. The summed E-state index contributed by atoms with van der Waals surface area (Å²) >= 11 is 4.46. The van der Waals surface area contributed by atoms with E-state index in [2.05, 4.69) is 15.5 Å². The zero-order valence-corrected chi connectivity index (χ0v) is 17.9. The van der Waals surface area contributed by atoms with E-state index in [1.807, 2.05) is 13.2 Å². The summed E-state index contributed by atoms with van der Waals surface area (Å²) in [4.78, 5) is 40.0. The third-order valence-electron chi connectivity index (χ3n) is 4.99. The van der Waals surface area contributed by atoms with Crippen LogP contribution in [0.15, 0.2) is 4.34 Å². The first kappa shape index (κ1) is 20.6. The second kappa shape index (κ2) is 9.38. The minimum Gasteiger partial charge on any atom is -0.299 e. The molecule has 3 rings (SSSR count). The van der Waals surface area contributed by atoms with Crippen molar-refractivity contribution in [1.82, 2.24) is 15.1 Å². The molecular weight excluding hydrogens is 404 g/mol. The smallest absolute Gasteiger partial charge is 0.249 e. The summed E-state index contributed by atoms with van der Waals surface area (Å²) in [5.41, 5.74) is 0. The number of thioether (sulfide) groups is 2. The van der Waals surface area contributed by atoms with Crippen LogP contribution < -0.4 is 5.32 Å². The number of hydrogen-bond donors (Lipinski definition) is 1. The number of anilines is 1. The van der Waals surface area contributed by atoms with Crippen LogP contribution >= 0.6 is 34.9 Å². The van der Waals surface area contributed by atoms with Crippen LogP contribution in [0.25, 0.3) is 0 Å². The Morgan fingerprint density at radius 1 is 1.26 bits per heavy atom. The van der Waals surface area contributed by atoms with Crippen LogP contribution in [0.5, 0.6) is 0 Å². The number of nitrogens with zero attached hydrogens (tertiary/aromatic N) is 3. The highest BCUT2D eigenvalue weighted by Crippen LogP contribution is 2.39. The van der Waals surface area contributed by atoms with Crippen molar-refractivity contribution in [2.24, 2.45) is 11.8 Å². The molecule has 0 radical (unpaired) electrons. The fourth-order valence-electron chi connectivity index (χ4n) is 3.73. The average molecular weight is 429 g/mol. The zero-order valence-electron chi connectivity index (χ0n) is 15.5. The second-order valence-electron chi connectivity index (χ2n) is 6.64. The summed E-state index contributed by atoms with van der Waals surface area (Å²) in [5, 5.41) is 11.2. The molecular formula is C17H24N4O3S3. The van der Waals surface area contributed by atoms with Gasteiger partial charge in [0, 0.05) is 0 Å². The molecule has 10 heteroatoms. The van der Waals surface area contributed by atoms with Crippen LogP contribution in [0.4, 0.5) is 5.13 Å². The molecule has 2 aliphatic rings. The first-order valence-corrected chi connectivity index (χ1v) is 12.4. The second-order valence-corrected chi connectivity index (χ2v) is 10.1. The van der Waals surface area contributed by atoms with Crippen molar-refractivity contribution >= 4 is 57.7 Å². The lowest BCUT2D eigenvalue weighted by molar-refractivity contribution is -0.146. The number of aromatic nitrogens is 2. The number of carbonyl (C=O) groups is 3. The topological polar surface area (TPSA) is 92.3 Å². The Bertz CT molecular complexity index is 687. The Hall–Kier alpha value is -1.13. The number of carbonyl (C=O) groups excluding carboxylic acids is 3. The standard InChI is InChI=1S/C17H24N4O3S3/c1-3-26-17-20-19-16(27-17)18-13(22)12(8-9-25-2)21-14(23)10-6-4-5-7-11(10)15(21)24/h10-12H,3-9H2,1-2H3,(H,18,19,22). The SMILES string of the molecule is CCSc1nnc(NC(=O)C(CCSC)N2C(=O)C3CCCCC3C2=O)s1. The molecule has 1 saturated carbocycles. The highest BCUT2D eigenvalue weighted by molar-refractivity contribution is 8.01. The maximum Gasteiger partial charge on any atom is 0.249 e. The van der Waals surface area contributed by atoms with E-state index in [0.29, 0.717) is 17.3 Å². The predicted molar refractivity (Wildman–Crippen MR) is 109 cm³/mol. The van der Waals surface area contributed by atoms with Gasteiger partial charge in [0.05, 0.1) is 11.8 Å². The molecule has 1 aromatic rings. The van der Waals surface area contributed by atoms with Gasteiger partial charge in [0.1, 0.15) is 6.04 Å². The van der Waals surface area contributed by atoms with Gasteiger partial charge in [-0.2, -0.15) is 11.8 Å². The highest BCUT2D eigenvalue weighted by atomic mass is 32.2. The molecule has 7 nitrogen and oxygen atoms in total. The van der Waals surface area contributed by atoms with E-state index < -0.39 is 6.04 Å². The molecule has 1 aromatic heterocycles. The summed E-state index contributed by atoms with van der Waals surface area (Å²) in [6.07, 6.45) is 5.82. The molecule has 27 heavy (non-hydrogen) atoms. The maximum absolute atomic E-state index is 12.9. The predicted octanol–water partition coefficient (Wildman–Crippen LogP) is 2.89. The minimum atomic E-state index is -0.783. The van der Waals surface area contributed by atoms with Crippen molar-refractivity contribution in [2.75, 3.05) is 23.1 Å². The molecule has 3 amide bonds. The first-order valence-electron chi connectivity index (χ1n) is 9.19. The lowest BCUT2D eigenvalue weighted by Gasteiger charge is -2.25. The molecule has 2 fully saturated rings. The van der Waals surface area contributed by atoms with Gasteiger partial charge in [-0.25, -0.2) is 0 Å². The summed E-state index contributed by atoms with van der Waals surface area (Å²) in [6.45, 7) is 2.02. The number of likely N-dealkylation sites (tertiary alicyclic amines) is 1. The molecule has 148 valence electrons. The van der Waals surface area contributed by atoms with E-state index >= 15 is 0 Å². The van der Waals surface area contributed by atoms with E-state index in [9.17, 15) is 14.4 Å². The van der Waals surface area contributed by atoms with Gasteiger partial charge in [0.2, 0.25) is 22.9 Å². The Labute approximate surface area is 171 Å². The number of fused-ring (bicyclic) bond motifs is 1. The number of amides is 3. The van der Waals surface area contributed by atoms with E-state index in [1.165, 1.54) is 16.2 Å². The van der Waals surface area contributed by atoms with Crippen molar-refractivity contribution in [3.8, 4) is 0 Å². The van der Waals surface area contributed by atoms with Crippen LogP contribution in [0.1, 0.15) is 39.0 Å². The maximum atomic E-state index is 12.9. The van der Waals surface area contributed by atoms with Gasteiger partial charge >= 0.3 is 0 Å². The first-order chi connectivity index (χ1) is 13.1.